The van der Waals surface area contributed by atoms with Crippen LogP contribution in [0.1, 0.15) is 27.7 Å². The maximum Gasteiger partial charge on any atom is 0.369 e. The number of hydrogen-bond acceptors (Lipinski definition) is 1. The maximum atomic E-state index is 6.53. The van der Waals surface area contributed by atoms with Gasteiger partial charge in [0.05, 0.1) is 11.0 Å². The summed E-state index contributed by atoms with van der Waals surface area (Å²) in [5.74, 6) is 0.939. The molecule has 0 amide bonds. The lowest BCUT2D eigenvalue weighted by Crippen LogP contribution is -2.09. The molecule has 1 fully saturated rings. The number of benzene rings is 4. The lowest BCUT2D eigenvalue weighted by atomic mass is 9.78. The largest absolute Gasteiger partial charge is 0.559 e. The van der Waals surface area contributed by atoms with Crippen molar-refractivity contribution in [2.24, 2.45) is 0 Å². The Kier molecular flexibility index (Phi) is 4.29. The molecule has 1 aromatic heterocycles. The Morgan fingerprint density at radius 2 is 1.27 bits per heavy atom. The number of hydrogen-bond donors (Lipinski definition) is 0. The van der Waals surface area contributed by atoms with E-state index in [4.69, 9.17) is 4.65 Å². The van der Waals surface area contributed by atoms with Crippen molar-refractivity contribution in [3.63, 3.8) is 0 Å². The molecule has 0 bridgehead atoms. The molecule has 0 aliphatic carbocycles. The van der Waals surface area contributed by atoms with E-state index in [-0.39, 0.29) is 17.5 Å². The third-order valence-electron chi connectivity index (χ3n) is 8.00. The molecule has 162 valence electrons. The molecular formula is C30H28BNO. The molecule has 4 aromatic carbocycles. The smallest absolute Gasteiger partial charge is 0.369 e. The van der Waals surface area contributed by atoms with Gasteiger partial charge in [-0.25, -0.2) is 0 Å². The Bertz CT molecular complexity index is 1480. The summed E-state index contributed by atoms with van der Waals surface area (Å²) < 4.78 is 8.90. The van der Waals surface area contributed by atoms with Gasteiger partial charge in [0.2, 0.25) is 0 Å². The molecule has 1 aliphatic rings. The first-order valence-electron chi connectivity index (χ1n) is 11.7. The zero-order valence-corrected chi connectivity index (χ0v) is 19.7. The maximum absolute atomic E-state index is 6.53. The van der Waals surface area contributed by atoms with Crippen molar-refractivity contribution in [1.82, 2.24) is 4.57 Å². The second-order valence-electron chi connectivity index (χ2n) is 10.4. The Balaban J connectivity index is 1.52. The molecule has 6 rings (SSSR count). The van der Waals surface area contributed by atoms with E-state index < -0.39 is 0 Å². The van der Waals surface area contributed by atoms with E-state index in [2.05, 4.69) is 129 Å². The van der Waals surface area contributed by atoms with E-state index in [1.165, 1.54) is 32.9 Å². The monoisotopic (exact) mass is 429 g/mol. The summed E-state index contributed by atoms with van der Waals surface area (Å²) >= 11 is 0. The van der Waals surface area contributed by atoms with E-state index in [1.54, 1.807) is 0 Å². The lowest BCUT2D eigenvalue weighted by molar-refractivity contribution is 0.580. The fourth-order valence-electron chi connectivity index (χ4n) is 5.32. The van der Waals surface area contributed by atoms with E-state index in [1.807, 2.05) is 0 Å². The molecule has 0 radical (unpaired) electrons. The number of aromatic nitrogens is 1. The van der Waals surface area contributed by atoms with Gasteiger partial charge in [0.25, 0.3) is 0 Å². The van der Waals surface area contributed by atoms with Gasteiger partial charge in [0.1, 0.15) is 5.75 Å². The fraction of sp³-hybridized carbons (Fsp3) is 0.200. The molecule has 0 atom stereocenters. The zero-order chi connectivity index (χ0) is 22.8. The average molecular weight is 429 g/mol. The van der Waals surface area contributed by atoms with Crippen LogP contribution < -0.4 is 4.65 Å². The first-order chi connectivity index (χ1) is 15.9. The van der Waals surface area contributed by atoms with Crippen LogP contribution in [0.2, 0.25) is 10.6 Å². The molecule has 1 saturated heterocycles. The molecule has 0 N–H and O–H groups in total. The highest BCUT2D eigenvalue weighted by molar-refractivity contribution is 6.73. The van der Waals surface area contributed by atoms with E-state index in [9.17, 15) is 0 Å². The van der Waals surface area contributed by atoms with Crippen LogP contribution in [0.25, 0.3) is 38.6 Å². The first kappa shape index (κ1) is 20.2. The van der Waals surface area contributed by atoms with Crippen LogP contribution in [0, 0.1) is 0 Å². The molecule has 3 heteroatoms. The Morgan fingerprint density at radius 3 is 2.03 bits per heavy atom. The van der Waals surface area contributed by atoms with Crippen LogP contribution in [0.3, 0.4) is 0 Å². The molecule has 5 aromatic rings. The minimum Gasteiger partial charge on any atom is -0.559 e. The zero-order valence-electron chi connectivity index (χ0n) is 19.7. The lowest BCUT2D eigenvalue weighted by Gasteiger charge is -2.12. The second kappa shape index (κ2) is 7.02. The van der Waals surface area contributed by atoms with E-state index in [0.717, 1.165) is 11.4 Å². The number of nitrogens with zero attached hydrogens (tertiary/aromatic N) is 1. The molecule has 0 saturated carbocycles. The van der Waals surface area contributed by atoms with E-state index >= 15 is 0 Å². The van der Waals surface area contributed by atoms with Crippen LogP contribution in [0.15, 0.2) is 97.1 Å². The van der Waals surface area contributed by atoms with Crippen molar-refractivity contribution in [2.45, 2.75) is 38.3 Å². The topological polar surface area (TPSA) is 14.2 Å². The van der Waals surface area contributed by atoms with Gasteiger partial charge in [-0.2, -0.15) is 0 Å². The SMILES string of the molecule is CC1(C)B(Oc2ccc3c4ccccc4n(-c4cccc(-c5ccccc5)c4)c3c2)C1(C)C. The van der Waals surface area contributed by atoms with Crippen molar-refractivity contribution >= 4 is 28.7 Å². The number of fused-ring (bicyclic) bond motifs is 3. The number of para-hydroxylation sites is 1. The Hall–Kier alpha value is -3.46. The fourth-order valence-corrected chi connectivity index (χ4v) is 5.32. The minimum atomic E-state index is 0.179. The quantitative estimate of drug-likeness (QED) is 0.262. The van der Waals surface area contributed by atoms with E-state index in [0.29, 0.717) is 0 Å². The summed E-state index contributed by atoms with van der Waals surface area (Å²) in [7, 11) is 0. The summed E-state index contributed by atoms with van der Waals surface area (Å²) in [4.78, 5) is 0. The van der Waals surface area contributed by atoms with Gasteiger partial charge in [-0.05, 0) is 52.1 Å². The summed E-state index contributed by atoms with van der Waals surface area (Å²) in [5.41, 5.74) is 5.99. The van der Waals surface area contributed by atoms with Crippen molar-refractivity contribution < 1.29 is 4.65 Å². The highest BCUT2D eigenvalue weighted by Crippen LogP contribution is 2.73. The number of rotatable bonds is 4. The van der Waals surface area contributed by atoms with Crippen molar-refractivity contribution in [1.29, 1.82) is 0 Å². The molecular weight excluding hydrogens is 401 g/mol. The molecule has 2 heterocycles. The summed E-state index contributed by atoms with van der Waals surface area (Å²) in [6.45, 7) is 9.40. The predicted molar refractivity (Wildman–Crippen MR) is 141 cm³/mol. The van der Waals surface area contributed by atoms with Crippen molar-refractivity contribution in [3.8, 4) is 22.6 Å². The highest BCUT2D eigenvalue weighted by Gasteiger charge is 2.72. The van der Waals surface area contributed by atoms with Crippen LogP contribution in [0.5, 0.6) is 5.75 Å². The van der Waals surface area contributed by atoms with Crippen LogP contribution in [-0.2, 0) is 0 Å². The van der Waals surface area contributed by atoms with Gasteiger partial charge in [-0.3, -0.25) is 0 Å². The van der Waals surface area contributed by atoms with Crippen LogP contribution >= 0.6 is 0 Å². The van der Waals surface area contributed by atoms with Gasteiger partial charge in [0, 0.05) is 22.5 Å². The first-order valence-corrected chi connectivity index (χ1v) is 11.7. The molecule has 33 heavy (non-hydrogen) atoms. The Labute approximate surface area is 195 Å². The van der Waals surface area contributed by atoms with Crippen molar-refractivity contribution in [3.05, 3.63) is 97.1 Å². The Morgan fingerprint density at radius 1 is 0.606 bits per heavy atom. The van der Waals surface area contributed by atoms with Crippen LogP contribution in [0.4, 0.5) is 0 Å². The minimum absolute atomic E-state index is 0.179. The molecule has 0 spiro atoms. The van der Waals surface area contributed by atoms with Crippen molar-refractivity contribution in [2.75, 3.05) is 0 Å². The standard InChI is InChI=1S/C30H28BNO/c1-29(2)30(3,4)31(29)33-24-17-18-26-25-15-8-9-16-27(25)32(28(26)20-24)23-14-10-13-22(19-23)21-11-6-5-7-12-21/h5-20H,1-4H3. The van der Waals surface area contributed by atoms with Gasteiger partial charge in [-0.1, -0.05) is 88.4 Å². The normalized spacial score (nSPS) is 16.3. The second-order valence-corrected chi connectivity index (χ2v) is 10.4. The highest BCUT2D eigenvalue weighted by atomic mass is 16.4. The molecule has 2 nitrogen and oxygen atoms in total. The van der Waals surface area contributed by atoms with Crippen LogP contribution in [-0.4, -0.2) is 11.5 Å². The van der Waals surface area contributed by atoms with Gasteiger partial charge in [0.15, 0.2) is 0 Å². The predicted octanol–water partition coefficient (Wildman–Crippen LogP) is 8.40. The van der Waals surface area contributed by atoms with Gasteiger partial charge < -0.3 is 9.22 Å². The summed E-state index contributed by atoms with van der Waals surface area (Å²) in [5, 5.41) is 2.87. The third-order valence-corrected chi connectivity index (χ3v) is 8.00. The average Bonchev–Trinajstić information content (AvgIpc) is 3.08. The summed E-state index contributed by atoms with van der Waals surface area (Å²) in [6, 6.07) is 34.6. The molecule has 0 unspecified atom stereocenters. The third kappa shape index (κ3) is 3.02. The molecule has 1 aliphatic heterocycles. The van der Waals surface area contributed by atoms with Gasteiger partial charge in [-0.15, -0.1) is 0 Å². The summed E-state index contributed by atoms with van der Waals surface area (Å²) in [6.07, 6.45) is 0. The van der Waals surface area contributed by atoms with Gasteiger partial charge >= 0.3 is 6.92 Å².